The molecule has 0 aromatic heterocycles. The number of aliphatic hydroxyl groups excluding tert-OH is 1. The van der Waals surface area contributed by atoms with E-state index in [9.17, 15) is 5.11 Å². The van der Waals surface area contributed by atoms with Gasteiger partial charge in [-0.15, -0.1) is 0 Å². The quantitative estimate of drug-likeness (QED) is 0.840. The fourth-order valence-corrected chi connectivity index (χ4v) is 2.96. The normalized spacial score (nSPS) is 12.4. The van der Waals surface area contributed by atoms with Crippen molar-refractivity contribution in [2.75, 3.05) is 0 Å². The van der Waals surface area contributed by atoms with Gasteiger partial charge < -0.3 is 5.11 Å². The van der Waals surface area contributed by atoms with Gasteiger partial charge in [0.05, 0.1) is 11.1 Å². The van der Waals surface area contributed by atoms with Crippen LogP contribution >= 0.6 is 35.0 Å². The summed E-state index contributed by atoms with van der Waals surface area (Å²) < 4.78 is 0. The fraction of sp³-hybridized carbons (Fsp3) is 0.143. The fourth-order valence-electron chi connectivity index (χ4n) is 1.52. The van der Waals surface area contributed by atoms with Gasteiger partial charge in [-0.25, -0.2) is 0 Å². The van der Waals surface area contributed by atoms with Gasteiger partial charge in [-0.2, -0.15) is 0 Å². The molecule has 1 atom stereocenters. The zero-order valence-electron chi connectivity index (χ0n) is 9.73. The van der Waals surface area contributed by atoms with Gasteiger partial charge in [-0.1, -0.05) is 47.1 Å². The second-order valence-corrected chi connectivity index (χ2v) is 5.88. The number of benzene rings is 2. The third-order valence-electron chi connectivity index (χ3n) is 2.46. The average Bonchev–Trinajstić information content (AvgIpc) is 2.31. The Hall–Kier alpha value is -0.670. The predicted molar refractivity (Wildman–Crippen MR) is 77.7 cm³/mol. The number of hydrogen-bond acceptors (Lipinski definition) is 2. The highest BCUT2D eigenvalue weighted by Crippen LogP contribution is 2.35. The lowest BCUT2D eigenvalue weighted by Gasteiger charge is -2.09. The molecule has 1 N–H and O–H groups in total. The summed E-state index contributed by atoms with van der Waals surface area (Å²) in [5.74, 6) is 0. The van der Waals surface area contributed by atoms with E-state index in [0.717, 1.165) is 15.4 Å². The number of aliphatic hydroxyl groups is 1. The molecule has 2 aromatic rings. The molecule has 18 heavy (non-hydrogen) atoms. The van der Waals surface area contributed by atoms with Crippen molar-refractivity contribution in [3.8, 4) is 0 Å². The molecule has 0 saturated heterocycles. The first kappa shape index (κ1) is 13.8. The Kier molecular flexibility index (Phi) is 4.57. The predicted octanol–water partition coefficient (Wildman–Crippen LogP) is 5.20. The Morgan fingerprint density at radius 1 is 1.11 bits per heavy atom. The zero-order valence-corrected chi connectivity index (χ0v) is 12.1. The molecule has 94 valence electrons. The van der Waals surface area contributed by atoms with E-state index in [0.29, 0.717) is 10.0 Å². The van der Waals surface area contributed by atoms with E-state index in [-0.39, 0.29) is 0 Å². The lowest BCUT2D eigenvalue weighted by molar-refractivity contribution is 0.199. The standard InChI is InChI=1S/C14H12Cl2OS/c1-9(17)10-5-6-14(13(16)7-10)18-12-4-2-3-11(15)8-12/h2-9,17H,1H3. The summed E-state index contributed by atoms with van der Waals surface area (Å²) in [5.41, 5.74) is 0.815. The highest BCUT2D eigenvalue weighted by Gasteiger charge is 2.07. The molecule has 0 aliphatic rings. The molecule has 0 saturated carbocycles. The Bertz CT molecular complexity index is 555. The maximum absolute atomic E-state index is 9.48. The molecular formula is C14H12Cl2OS. The van der Waals surface area contributed by atoms with E-state index < -0.39 is 6.10 Å². The molecule has 0 aliphatic carbocycles. The molecule has 0 amide bonds. The molecule has 0 aliphatic heterocycles. The first-order valence-electron chi connectivity index (χ1n) is 5.47. The number of halogens is 2. The van der Waals surface area contributed by atoms with Crippen LogP contribution in [-0.2, 0) is 0 Å². The van der Waals surface area contributed by atoms with Crippen LogP contribution in [0.1, 0.15) is 18.6 Å². The highest BCUT2D eigenvalue weighted by atomic mass is 35.5. The van der Waals surface area contributed by atoms with Crippen molar-refractivity contribution < 1.29 is 5.11 Å². The minimum Gasteiger partial charge on any atom is -0.389 e. The van der Waals surface area contributed by atoms with Gasteiger partial charge in [0.2, 0.25) is 0 Å². The molecule has 1 unspecified atom stereocenters. The van der Waals surface area contributed by atoms with Gasteiger partial charge in [0.1, 0.15) is 0 Å². The van der Waals surface area contributed by atoms with E-state index in [1.165, 1.54) is 0 Å². The Morgan fingerprint density at radius 3 is 2.50 bits per heavy atom. The van der Waals surface area contributed by atoms with Gasteiger partial charge in [0.25, 0.3) is 0 Å². The van der Waals surface area contributed by atoms with Crippen molar-refractivity contribution in [3.05, 3.63) is 58.1 Å². The largest absolute Gasteiger partial charge is 0.389 e. The minimum atomic E-state index is -0.507. The zero-order chi connectivity index (χ0) is 13.1. The van der Waals surface area contributed by atoms with Crippen LogP contribution < -0.4 is 0 Å². The van der Waals surface area contributed by atoms with Crippen LogP contribution in [0, 0.1) is 0 Å². The third-order valence-corrected chi connectivity index (χ3v) is 4.19. The van der Waals surface area contributed by atoms with Crippen molar-refractivity contribution in [3.63, 3.8) is 0 Å². The third kappa shape index (κ3) is 3.42. The molecule has 0 fully saturated rings. The van der Waals surface area contributed by atoms with Crippen molar-refractivity contribution in [2.45, 2.75) is 22.8 Å². The topological polar surface area (TPSA) is 20.2 Å². The summed E-state index contributed by atoms with van der Waals surface area (Å²) >= 11 is 13.7. The van der Waals surface area contributed by atoms with Crippen molar-refractivity contribution in [2.24, 2.45) is 0 Å². The van der Waals surface area contributed by atoms with E-state index in [2.05, 4.69) is 0 Å². The second kappa shape index (κ2) is 5.98. The highest BCUT2D eigenvalue weighted by molar-refractivity contribution is 7.99. The van der Waals surface area contributed by atoms with Crippen LogP contribution in [0.3, 0.4) is 0 Å². The molecule has 4 heteroatoms. The Labute approximate surface area is 121 Å². The Balaban J connectivity index is 2.24. The molecule has 0 heterocycles. The lowest BCUT2D eigenvalue weighted by atomic mass is 10.1. The summed E-state index contributed by atoms with van der Waals surface area (Å²) in [4.78, 5) is 1.98. The maximum atomic E-state index is 9.48. The minimum absolute atomic E-state index is 0.507. The van der Waals surface area contributed by atoms with E-state index >= 15 is 0 Å². The smallest absolute Gasteiger partial charge is 0.0762 e. The van der Waals surface area contributed by atoms with Crippen LogP contribution in [0.4, 0.5) is 0 Å². The average molecular weight is 299 g/mol. The van der Waals surface area contributed by atoms with Crippen molar-refractivity contribution >= 4 is 35.0 Å². The second-order valence-electron chi connectivity index (χ2n) is 3.93. The van der Waals surface area contributed by atoms with Crippen LogP contribution in [0.25, 0.3) is 0 Å². The van der Waals surface area contributed by atoms with Crippen LogP contribution in [0.2, 0.25) is 10.0 Å². The van der Waals surface area contributed by atoms with Gasteiger partial charge in [-0.3, -0.25) is 0 Å². The molecular weight excluding hydrogens is 287 g/mol. The van der Waals surface area contributed by atoms with Gasteiger partial charge in [0.15, 0.2) is 0 Å². The van der Waals surface area contributed by atoms with E-state index in [4.69, 9.17) is 23.2 Å². The summed E-state index contributed by atoms with van der Waals surface area (Å²) in [6, 6.07) is 13.2. The van der Waals surface area contributed by atoms with Crippen molar-refractivity contribution in [1.82, 2.24) is 0 Å². The van der Waals surface area contributed by atoms with Crippen LogP contribution in [0.15, 0.2) is 52.3 Å². The number of rotatable bonds is 3. The molecule has 2 aromatic carbocycles. The first-order chi connectivity index (χ1) is 8.56. The molecule has 0 bridgehead atoms. The summed E-state index contributed by atoms with van der Waals surface area (Å²) in [6.07, 6.45) is -0.507. The van der Waals surface area contributed by atoms with Gasteiger partial charge in [0, 0.05) is 14.8 Å². The molecule has 1 nitrogen and oxygen atoms in total. The van der Waals surface area contributed by atoms with Gasteiger partial charge >= 0.3 is 0 Å². The monoisotopic (exact) mass is 298 g/mol. The SMILES string of the molecule is CC(O)c1ccc(Sc2cccc(Cl)c2)c(Cl)c1. The van der Waals surface area contributed by atoms with E-state index in [1.54, 1.807) is 24.8 Å². The molecule has 0 spiro atoms. The summed E-state index contributed by atoms with van der Waals surface area (Å²) in [5, 5.41) is 10.8. The number of hydrogen-bond donors (Lipinski definition) is 1. The lowest BCUT2D eigenvalue weighted by Crippen LogP contribution is -1.90. The first-order valence-corrected chi connectivity index (χ1v) is 7.04. The van der Waals surface area contributed by atoms with Crippen LogP contribution in [-0.4, -0.2) is 5.11 Å². The summed E-state index contributed by atoms with van der Waals surface area (Å²) in [6.45, 7) is 1.72. The molecule has 0 radical (unpaired) electrons. The molecule has 2 rings (SSSR count). The van der Waals surface area contributed by atoms with E-state index in [1.807, 2.05) is 36.4 Å². The summed E-state index contributed by atoms with van der Waals surface area (Å²) in [7, 11) is 0. The van der Waals surface area contributed by atoms with Gasteiger partial charge in [-0.05, 0) is 42.8 Å². The maximum Gasteiger partial charge on any atom is 0.0762 e. The van der Waals surface area contributed by atoms with Crippen molar-refractivity contribution in [1.29, 1.82) is 0 Å². The van der Waals surface area contributed by atoms with Crippen LogP contribution in [0.5, 0.6) is 0 Å². The Morgan fingerprint density at radius 2 is 1.89 bits per heavy atom.